The number of hydrogen-bond donors (Lipinski definition) is 1. The van der Waals surface area contributed by atoms with Gasteiger partial charge in [-0.1, -0.05) is 0 Å². The van der Waals surface area contributed by atoms with Crippen LogP contribution in [-0.2, 0) is 9.59 Å². The Labute approximate surface area is 111 Å². The summed E-state index contributed by atoms with van der Waals surface area (Å²) in [7, 11) is 1.57. The number of likely N-dealkylation sites (N-methyl/N-ethyl adjacent to an activating group) is 1. The van der Waals surface area contributed by atoms with Crippen LogP contribution in [0, 0.1) is 5.92 Å². The fraction of sp³-hybridized carbons (Fsp3) is 0.750. The Balaban J connectivity index is 1.77. The highest BCUT2D eigenvalue weighted by atomic mass is 16.4. The fourth-order valence-electron chi connectivity index (χ4n) is 2.37. The zero-order chi connectivity index (χ0) is 14.0. The maximum Gasteiger partial charge on any atom is 0.320 e. The quantitative estimate of drug-likeness (QED) is 0.761. The average Bonchev–Trinajstić information content (AvgIpc) is 2.79. The molecule has 0 spiro atoms. The number of hydrogen-bond acceptors (Lipinski definition) is 3. The van der Waals surface area contributed by atoms with Crippen molar-refractivity contribution in [1.82, 2.24) is 14.7 Å². The molecule has 0 saturated carbocycles. The molecular formula is C12H19N3O4. The smallest absolute Gasteiger partial charge is 0.320 e. The molecule has 106 valence electrons. The van der Waals surface area contributed by atoms with Crippen molar-refractivity contribution in [2.45, 2.75) is 12.8 Å². The summed E-state index contributed by atoms with van der Waals surface area (Å²) in [4.78, 5) is 39.1. The second-order valence-electron chi connectivity index (χ2n) is 5.17. The number of carboxylic acids is 1. The van der Waals surface area contributed by atoms with Crippen molar-refractivity contribution in [3.8, 4) is 0 Å². The van der Waals surface area contributed by atoms with E-state index in [1.807, 2.05) is 0 Å². The standard InChI is InChI=1S/C12H19N3O4/c1-13(8-10(16)14-4-2-3-5-14)12(19)15-6-9(7-15)11(17)18/h9H,2-8H2,1H3,(H,17,18). The zero-order valence-electron chi connectivity index (χ0n) is 11.0. The van der Waals surface area contributed by atoms with Gasteiger partial charge in [-0.15, -0.1) is 0 Å². The van der Waals surface area contributed by atoms with Gasteiger partial charge >= 0.3 is 12.0 Å². The molecule has 7 nitrogen and oxygen atoms in total. The molecule has 2 aliphatic heterocycles. The molecule has 0 aromatic carbocycles. The van der Waals surface area contributed by atoms with Gasteiger partial charge in [0.15, 0.2) is 0 Å². The van der Waals surface area contributed by atoms with Crippen molar-refractivity contribution in [2.75, 3.05) is 39.8 Å². The Hall–Kier alpha value is -1.79. The maximum atomic E-state index is 11.9. The van der Waals surface area contributed by atoms with Crippen LogP contribution < -0.4 is 0 Å². The molecule has 2 saturated heterocycles. The van der Waals surface area contributed by atoms with Gasteiger partial charge in [-0.25, -0.2) is 4.79 Å². The first kappa shape index (κ1) is 13.6. The summed E-state index contributed by atoms with van der Waals surface area (Å²) in [5.74, 6) is -1.38. The highest BCUT2D eigenvalue weighted by molar-refractivity contribution is 5.85. The minimum atomic E-state index is -0.875. The summed E-state index contributed by atoms with van der Waals surface area (Å²) in [6.45, 7) is 2.07. The van der Waals surface area contributed by atoms with Crippen LogP contribution in [0.15, 0.2) is 0 Å². The molecule has 2 rings (SSSR count). The molecule has 0 aromatic rings. The van der Waals surface area contributed by atoms with Gasteiger partial charge < -0.3 is 19.8 Å². The van der Waals surface area contributed by atoms with Crippen LogP contribution in [0.5, 0.6) is 0 Å². The lowest BCUT2D eigenvalue weighted by molar-refractivity contribution is -0.146. The number of aliphatic carboxylic acids is 1. The predicted octanol–water partition coefficient (Wildman–Crippen LogP) is -0.323. The predicted molar refractivity (Wildman–Crippen MR) is 66.5 cm³/mol. The van der Waals surface area contributed by atoms with Crippen LogP contribution in [0.1, 0.15) is 12.8 Å². The zero-order valence-corrected chi connectivity index (χ0v) is 11.0. The van der Waals surface area contributed by atoms with Gasteiger partial charge in [0.25, 0.3) is 0 Å². The summed E-state index contributed by atoms with van der Waals surface area (Å²) in [5.41, 5.74) is 0. The molecule has 19 heavy (non-hydrogen) atoms. The van der Waals surface area contributed by atoms with Gasteiger partial charge in [0, 0.05) is 33.2 Å². The molecule has 1 N–H and O–H groups in total. The van der Waals surface area contributed by atoms with E-state index in [2.05, 4.69) is 0 Å². The lowest BCUT2D eigenvalue weighted by Gasteiger charge is -2.39. The molecule has 2 fully saturated rings. The molecule has 0 aliphatic carbocycles. The number of likely N-dealkylation sites (tertiary alicyclic amines) is 2. The van der Waals surface area contributed by atoms with Crippen LogP contribution in [0.4, 0.5) is 4.79 Å². The highest BCUT2D eigenvalue weighted by Crippen LogP contribution is 2.17. The van der Waals surface area contributed by atoms with Crippen LogP contribution in [0.2, 0.25) is 0 Å². The number of amides is 3. The monoisotopic (exact) mass is 269 g/mol. The molecular weight excluding hydrogens is 250 g/mol. The topological polar surface area (TPSA) is 81.2 Å². The molecule has 2 aliphatic rings. The summed E-state index contributed by atoms with van der Waals surface area (Å²) in [5, 5.41) is 8.75. The third-order valence-electron chi connectivity index (χ3n) is 3.66. The number of urea groups is 1. The van der Waals surface area contributed by atoms with Gasteiger partial charge in [-0.2, -0.15) is 0 Å². The van der Waals surface area contributed by atoms with Crippen molar-refractivity contribution in [1.29, 1.82) is 0 Å². The minimum Gasteiger partial charge on any atom is -0.481 e. The van der Waals surface area contributed by atoms with E-state index in [4.69, 9.17) is 5.11 Å². The molecule has 0 aromatic heterocycles. The van der Waals surface area contributed by atoms with Crippen molar-refractivity contribution < 1.29 is 19.5 Å². The molecule has 0 radical (unpaired) electrons. The molecule has 7 heteroatoms. The van der Waals surface area contributed by atoms with Crippen LogP contribution in [0.3, 0.4) is 0 Å². The number of nitrogens with zero attached hydrogens (tertiary/aromatic N) is 3. The first-order valence-corrected chi connectivity index (χ1v) is 6.49. The lowest BCUT2D eigenvalue weighted by atomic mass is 10.0. The molecule has 0 bridgehead atoms. The van der Waals surface area contributed by atoms with E-state index in [1.165, 1.54) is 9.80 Å². The van der Waals surface area contributed by atoms with Gasteiger partial charge in [-0.05, 0) is 12.8 Å². The van der Waals surface area contributed by atoms with Crippen LogP contribution >= 0.6 is 0 Å². The normalized spacial score (nSPS) is 19.2. The first-order chi connectivity index (χ1) is 8.99. The van der Waals surface area contributed by atoms with E-state index in [-0.39, 0.29) is 31.6 Å². The van der Waals surface area contributed by atoms with Gasteiger partial charge in [0.1, 0.15) is 6.54 Å². The van der Waals surface area contributed by atoms with Crippen molar-refractivity contribution in [2.24, 2.45) is 5.92 Å². The fourth-order valence-corrected chi connectivity index (χ4v) is 2.37. The Morgan fingerprint density at radius 3 is 2.26 bits per heavy atom. The number of carbonyl (C=O) groups excluding carboxylic acids is 2. The van der Waals surface area contributed by atoms with Crippen molar-refractivity contribution in [3.05, 3.63) is 0 Å². The van der Waals surface area contributed by atoms with Gasteiger partial charge in [0.2, 0.25) is 5.91 Å². The molecule has 0 unspecified atom stereocenters. The van der Waals surface area contributed by atoms with E-state index < -0.39 is 11.9 Å². The SMILES string of the molecule is CN(CC(=O)N1CCCC1)C(=O)N1CC(C(=O)O)C1. The lowest BCUT2D eigenvalue weighted by Crippen LogP contribution is -2.57. The summed E-state index contributed by atoms with van der Waals surface area (Å²) in [6, 6.07) is -0.273. The van der Waals surface area contributed by atoms with Crippen LogP contribution in [0.25, 0.3) is 0 Å². The third kappa shape index (κ3) is 2.97. The molecule has 0 atom stereocenters. The van der Waals surface area contributed by atoms with E-state index >= 15 is 0 Å². The number of carbonyl (C=O) groups is 3. The Bertz CT molecular complexity index is 386. The first-order valence-electron chi connectivity index (χ1n) is 6.49. The highest BCUT2D eigenvalue weighted by Gasteiger charge is 2.37. The Morgan fingerprint density at radius 1 is 1.16 bits per heavy atom. The van der Waals surface area contributed by atoms with E-state index in [9.17, 15) is 14.4 Å². The van der Waals surface area contributed by atoms with Crippen LogP contribution in [-0.4, -0.2) is 77.5 Å². The van der Waals surface area contributed by atoms with Gasteiger partial charge in [0.05, 0.1) is 5.92 Å². The largest absolute Gasteiger partial charge is 0.481 e. The number of carboxylic acid groups (broad SMARTS) is 1. The average molecular weight is 269 g/mol. The summed E-state index contributed by atoms with van der Waals surface area (Å²) >= 11 is 0. The minimum absolute atomic E-state index is 0.0383. The van der Waals surface area contributed by atoms with E-state index in [0.717, 1.165) is 25.9 Å². The second-order valence-corrected chi connectivity index (χ2v) is 5.17. The van der Waals surface area contributed by atoms with Crippen molar-refractivity contribution >= 4 is 17.9 Å². The molecule has 2 heterocycles. The maximum absolute atomic E-state index is 11.9. The van der Waals surface area contributed by atoms with Crippen molar-refractivity contribution in [3.63, 3.8) is 0 Å². The summed E-state index contributed by atoms with van der Waals surface area (Å²) < 4.78 is 0. The third-order valence-corrected chi connectivity index (χ3v) is 3.66. The van der Waals surface area contributed by atoms with Gasteiger partial charge in [-0.3, -0.25) is 9.59 Å². The Kier molecular flexibility index (Phi) is 3.92. The van der Waals surface area contributed by atoms with E-state index in [0.29, 0.717) is 0 Å². The second kappa shape index (κ2) is 5.46. The van der Waals surface area contributed by atoms with E-state index in [1.54, 1.807) is 11.9 Å². The summed E-state index contributed by atoms with van der Waals surface area (Å²) in [6.07, 6.45) is 2.05. The number of rotatable bonds is 3. The molecule has 3 amide bonds. The Morgan fingerprint density at radius 2 is 1.74 bits per heavy atom.